The van der Waals surface area contributed by atoms with Gasteiger partial charge in [-0.2, -0.15) is 24.7 Å². The summed E-state index contributed by atoms with van der Waals surface area (Å²) in [5.41, 5.74) is 5.67. The summed E-state index contributed by atoms with van der Waals surface area (Å²) in [5.74, 6) is 1.01. The average Bonchev–Trinajstić information content (AvgIpc) is 3.00. The predicted octanol–water partition coefficient (Wildman–Crippen LogP) is 0.994. The molecule has 0 radical (unpaired) electrons. The lowest BCUT2D eigenvalue weighted by molar-refractivity contribution is 0.196. The summed E-state index contributed by atoms with van der Waals surface area (Å²) >= 11 is 0. The Labute approximate surface area is 116 Å². The van der Waals surface area contributed by atoms with E-state index in [0.717, 1.165) is 0 Å². The van der Waals surface area contributed by atoms with Crippen LogP contribution in [-0.2, 0) is 0 Å². The molecule has 20 heavy (non-hydrogen) atoms. The molecule has 106 valence electrons. The molecule has 2 N–H and O–H groups in total. The zero-order chi connectivity index (χ0) is 13.8. The number of nitrogens with two attached hydrogens (primary N) is 1. The SMILES string of the molecule is Nc1nc(OCC2CCCCC2)nc(-n2cncn2)n1. The highest BCUT2D eigenvalue weighted by atomic mass is 16.5. The van der Waals surface area contributed by atoms with Crippen molar-refractivity contribution in [1.82, 2.24) is 29.7 Å². The minimum atomic E-state index is 0.115. The third-order valence-corrected chi connectivity index (χ3v) is 3.42. The van der Waals surface area contributed by atoms with Crippen LogP contribution in [0.15, 0.2) is 12.7 Å². The maximum atomic E-state index is 5.67. The molecule has 2 heterocycles. The highest BCUT2D eigenvalue weighted by Crippen LogP contribution is 2.24. The highest BCUT2D eigenvalue weighted by Gasteiger charge is 2.15. The second-order valence-corrected chi connectivity index (χ2v) is 4.93. The Kier molecular flexibility index (Phi) is 3.71. The summed E-state index contributed by atoms with van der Waals surface area (Å²) < 4.78 is 7.08. The van der Waals surface area contributed by atoms with E-state index < -0.39 is 0 Å². The molecule has 1 saturated carbocycles. The molecule has 0 amide bonds. The summed E-state index contributed by atoms with van der Waals surface area (Å²) in [7, 11) is 0. The Bertz CT molecular complexity index is 551. The number of ether oxygens (including phenoxy) is 1. The number of hydrogen-bond acceptors (Lipinski definition) is 7. The molecule has 2 aromatic rings. The minimum absolute atomic E-state index is 0.115. The van der Waals surface area contributed by atoms with Crippen LogP contribution < -0.4 is 10.5 Å². The van der Waals surface area contributed by atoms with Gasteiger partial charge in [0.25, 0.3) is 5.95 Å². The van der Waals surface area contributed by atoms with Gasteiger partial charge in [0, 0.05) is 0 Å². The van der Waals surface area contributed by atoms with Gasteiger partial charge in [-0.25, -0.2) is 4.98 Å². The van der Waals surface area contributed by atoms with Crippen molar-refractivity contribution in [3.05, 3.63) is 12.7 Å². The van der Waals surface area contributed by atoms with Crippen LogP contribution in [0, 0.1) is 5.92 Å². The molecule has 0 saturated heterocycles. The number of nitrogens with zero attached hydrogens (tertiary/aromatic N) is 6. The zero-order valence-corrected chi connectivity index (χ0v) is 11.1. The van der Waals surface area contributed by atoms with Gasteiger partial charge in [-0.3, -0.25) is 0 Å². The van der Waals surface area contributed by atoms with Crippen molar-refractivity contribution >= 4 is 5.95 Å². The van der Waals surface area contributed by atoms with E-state index in [0.29, 0.717) is 18.5 Å². The van der Waals surface area contributed by atoms with Gasteiger partial charge < -0.3 is 10.5 Å². The number of anilines is 1. The van der Waals surface area contributed by atoms with Crippen LogP contribution in [0.4, 0.5) is 5.95 Å². The summed E-state index contributed by atoms with van der Waals surface area (Å²) in [6.45, 7) is 0.625. The van der Waals surface area contributed by atoms with Gasteiger partial charge in [0.05, 0.1) is 6.61 Å². The second-order valence-electron chi connectivity index (χ2n) is 4.93. The first-order chi connectivity index (χ1) is 9.81. The van der Waals surface area contributed by atoms with E-state index >= 15 is 0 Å². The van der Waals surface area contributed by atoms with Gasteiger partial charge in [-0.1, -0.05) is 19.3 Å². The first-order valence-corrected chi connectivity index (χ1v) is 6.80. The average molecular weight is 275 g/mol. The van der Waals surface area contributed by atoms with Crippen LogP contribution in [-0.4, -0.2) is 36.3 Å². The molecule has 8 heteroatoms. The molecule has 8 nitrogen and oxygen atoms in total. The topological polar surface area (TPSA) is 105 Å². The van der Waals surface area contributed by atoms with E-state index in [1.807, 2.05) is 0 Å². The van der Waals surface area contributed by atoms with Gasteiger partial charge in [-0.05, 0) is 18.8 Å². The highest BCUT2D eigenvalue weighted by molar-refractivity contribution is 5.23. The Morgan fingerprint density at radius 2 is 2.05 bits per heavy atom. The molecule has 2 aromatic heterocycles. The first-order valence-electron chi connectivity index (χ1n) is 6.80. The zero-order valence-electron chi connectivity index (χ0n) is 11.1. The summed E-state index contributed by atoms with van der Waals surface area (Å²) in [6, 6.07) is 0.244. The smallest absolute Gasteiger partial charge is 0.323 e. The number of nitrogen functional groups attached to an aromatic ring is 1. The second kappa shape index (κ2) is 5.81. The molecule has 0 aliphatic heterocycles. The molecule has 0 aromatic carbocycles. The van der Waals surface area contributed by atoms with Crippen molar-refractivity contribution in [3.8, 4) is 12.0 Å². The molecule has 1 fully saturated rings. The van der Waals surface area contributed by atoms with Crippen molar-refractivity contribution in [2.24, 2.45) is 5.92 Å². The van der Waals surface area contributed by atoms with Crippen LogP contribution in [0.2, 0.25) is 0 Å². The maximum absolute atomic E-state index is 5.67. The van der Waals surface area contributed by atoms with Crippen molar-refractivity contribution in [3.63, 3.8) is 0 Å². The summed E-state index contributed by atoms with van der Waals surface area (Å²) in [5, 5.41) is 3.96. The third kappa shape index (κ3) is 3.01. The van der Waals surface area contributed by atoms with Crippen molar-refractivity contribution in [1.29, 1.82) is 0 Å². The predicted molar refractivity (Wildman–Crippen MR) is 71.2 cm³/mol. The van der Waals surface area contributed by atoms with Crippen molar-refractivity contribution < 1.29 is 4.74 Å². The fourth-order valence-corrected chi connectivity index (χ4v) is 2.39. The molecular formula is C12H17N7O. The lowest BCUT2D eigenvalue weighted by Crippen LogP contribution is -2.17. The van der Waals surface area contributed by atoms with E-state index in [9.17, 15) is 0 Å². The third-order valence-electron chi connectivity index (χ3n) is 3.42. The van der Waals surface area contributed by atoms with Gasteiger partial charge in [-0.15, -0.1) is 0 Å². The molecule has 1 aliphatic rings. The van der Waals surface area contributed by atoms with E-state index in [1.54, 1.807) is 0 Å². The van der Waals surface area contributed by atoms with Crippen LogP contribution in [0.5, 0.6) is 6.01 Å². The van der Waals surface area contributed by atoms with Crippen LogP contribution in [0.1, 0.15) is 32.1 Å². The molecular weight excluding hydrogens is 258 g/mol. The van der Waals surface area contributed by atoms with E-state index in [4.69, 9.17) is 10.5 Å². The lowest BCUT2D eigenvalue weighted by Gasteiger charge is -2.20. The molecule has 0 bridgehead atoms. The molecule has 3 rings (SSSR count). The Hall–Kier alpha value is -2.25. The number of rotatable bonds is 4. The van der Waals surface area contributed by atoms with Gasteiger partial charge in [0.15, 0.2) is 0 Å². The van der Waals surface area contributed by atoms with Gasteiger partial charge >= 0.3 is 6.01 Å². The first kappa shape index (κ1) is 12.8. The van der Waals surface area contributed by atoms with Crippen LogP contribution in [0.3, 0.4) is 0 Å². The normalized spacial score (nSPS) is 16.2. The number of hydrogen-bond donors (Lipinski definition) is 1. The largest absolute Gasteiger partial charge is 0.463 e. The van der Waals surface area contributed by atoms with E-state index in [1.165, 1.54) is 49.4 Å². The monoisotopic (exact) mass is 275 g/mol. The van der Waals surface area contributed by atoms with Crippen molar-refractivity contribution in [2.75, 3.05) is 12.3 Å². The van der Waals surface area contributed by atoms with Crippen LogP contribution in [0.25, 0.3) is 5.95 Å². The number of aromatic nitrogens is 6. The fourth-order valence-electron chi connectivity index (χ4n) is 2.39. The standard InChI is InChI=1S/C12H17N7O/c13-10-16-11(19-8-14-7-15-19)18-12(17-10)20-6-9-4-2-1-3-5-9/h7-9H,1-6H2,(H2,13,16,17,18). The van der Waals surface area contributed by atoms with Crippen molar-refractivity contribution in [2.45, 2.75) is 32.1 Å². The molecule has 0 atom stereocenters. The molecule has 0 unspecified atom stereocenters. The van der Waals surface area contributed by atoms with E-state index in [-0.39, 0.29) is 12.0 Å². The Balaban J connectivity index is 1.69. The fraction of sp³-hybridized carbons (Fsp3) is 0.583. The summed E-state index contributed by atoms with van der Waals surface area (Å²) in [6.07, 6.45) is 9.19. The van der Waals surface area contributed by atoms with Gasteiger partial charge in [0.1, 0.15) is 12.7 Å². The quantitative estimate of drug-likeness (QED) is 0.887. The maximum Gasteiger partial charge on any atom is 0.323 e. The lowest BCUT2D eigenvalue weighted by atomic mass is 9.90. The van der Waals surface area contributed by atoms with E-state index in [2.05, 4.69) is 25.0 Å². The Morgan fingerprint density at radius 3 is 2.80 bits per heavy atom. The minimum Gasteiger partial charge on any atom is -0.463 e. The summed E-state index contributed by atoms with van der Waals surface area (Å²) in [4.78, 5) is 16.1. The molecule has 1 aliphatic carbocycles. The van der Waals surface area contributed by atoms with Gasteiger partial charge in [0.2, 0.25) is 5.95 Å². The van der Waals surface area contributed by atoms with Crippen LogP contribution >= 0.6 is 0 Å². The Morgan fingerprint density at radius 1 is 1.20 bits per heavy atom. The molecule has 0 spiro atoms.